The molecule has 1 amide bonds. The molecule has 2 atom stereocenters. The predicted molar refractivity (Wildman–Crippen MR) is 72.7 cm³/mol. The number of halogens is 2. The van der Waals surface area contributed by atoms with Gasteiger partial charge in [0.2, 0.25) is 5.91 Å². The Morgan fingerprint density at radius 2 is 2.00 bits per heavy atom. The van der Waals surface area contributed by atoms with Gasteiger partial charge in [0.05, 0.1) is 12.8 Å². The molecular weight excluding hydrogens is 275 g/mol. The van der Waals surface area contributed by atoms with Gasteiger partial charge in [0.1, 0.15) is 0 Å². The number of nitrogens with one attached hydrogen (secondary N) is 1. The first-order valence-electron chi connectivity index (χ1n) is 5.55. The Kier molecular flexibility index (Phi) is 5.88. The normalized spacial score (nSPS) is 14.1. The van der Waals surface area contributed by atoms with Crippen molar-refractivity contribution in [1.82, 2.24) is 5.32 Å². The molecule has 6 heteroatoms. The minimum Gasteiger partial charge on any atom is -0.396 e. The van der Waals surface area contributed by atoms with Crippen LogP contribution in [0.2, 0.25) is 10.0 Å². The maximum Gasteiger partial charge on any atom is 0.221 e. The second kappa shape index (κ2) is 6.95. The molecule has 1 aromatic carbocycles. The van der Waals surface area contributed by atoms with Gasteiger partial charge in [-0.2, -0.15) is 0 Å². The zero-order chi connectivity index (χ0) is 13.7. The van der Waals surface area contributed by atoms with Gasteiger partial charge in [-0.15, -0.1) is 0 Å². The smallest absolute Gasteiger partial charge is 0.221 e. The number of carbonyl (C=O) groups is 1. The summed E-state index contributed by atoms with van der Waals surface area (Å²) in [7, 11) is 0. The summed E-state index contributed by atoms with van der Waals surface area (Å²) in [6, 6.07) is 5.06. The molecule has 100 valence electrons. The minimum absolute atomic E-state index is 0.0848. The molecule has 0 fully saturated rings. The highest BCUT2D eigenvalue weighted by molar-refractivity contribution is 6.36. The fourth-order valence-electron chi connectivity index (χ4n) is 1.70. The van der Waals surface area contributed by atoms with Gasteiger partial charge in [0.25, 0.3) is 0 Å². The van der Waals surface area contributed by atoms with E-state index in [0.717, 1.165) is 0 Å². The quantitative estimate of drug-likeness (QED) is 0.725. The van der Waals surface area contributed by atoms with Crippen molar-refractivity contribution in [2.75, 3.05) is 6.61 Å². The van der Waals surface area contributed by atoms with Crippen LogP contribution in [-0.4, -0.2) is 23.8 Å². The van der Waals surface area contributed by atoms with Gasteiger partial charge >= 0.3 is 0 Å². The zero-order valence-corrected chi connectivity index (χ0v) is 11.5. The van der Waals surface area contributed by atoms with E-state index in [-0.39, 0.29) is 18.9 Å². The summed E-state index contributed by atoms with van der Waals surface area (Å²) in [6.45, 7) is 1.45. The van der Waals surface area contributed by atoms with Gasteiger partial charge in [-0.3, -0.25) is 4.79 Å². The van der Waals surface area contributed by atoms with Crippen LogP contribution in [0.5, 0.6) is 0 Å². The topological polar surface area (TPSA) is 75.3 Å². The number of amides is 1. The lowest BCUT2D eigenvalue weighted by molar-refractivity contribution is -0.122. The molecule has 0 bridgehead atoms. The summed E-state index contributed by atoms with van der Waals surface area (Å²) in [4.78, 5) is 11.6. The van der Waals surface area contributed by atoms with Crippen molar-refractivity contribution in [2.45, 2.75) is 25.4 Å². The second-order valence-electron chi connectivity index (χ2n) is 4.08. The van der Waals surface area contributed by atoms with E-state index in [1.807, 2.05) is 0 Å². The molecule has 0 aliphatic heterocycles. The number of aliphatic hydroxyl groups is 1. The van der Waals surface area contributed by atoms with Crippen molar-refractivity contribution >= 4 is 29.1 Å². The monoisotopic (exact) mass is 290 g/mol. The van der Waals surface area contributed by atoms with E-state index in [1.165, 1.54) is 0 Å². The van der Waals surface area contributed by atoms with E-state index in [9.17, 15) is 9.90 Å². The second-order valence-corrected chi connectivity index (χ2v) is 4.89. The molecule has 2 unspecified atom stereocenters. The number of carbonyl (C=O) groups excluding carboxylic acids is 1. The molecule has 0 saturated carbocycles. The van der Waals surface area contributed by atoms with Crippen molar-refractivity contribution in [3.63, 3.8) is 0 Å². The van der Waals surface area contributed by atoms with Crippen molar-refractivity contribution in [1.29, 1.82) is 0 Å². The van der Waals surface area contributed by atoms with Crippen LogP contribution in [0.3, 0.4) is 0 Å². The van der Waals surface area contributed by atoms with Crippen LogP contribution in [0.4, 0.5) is 0 Å². The van der Waals surface area contributed by atoms with E-state index in [1.54, 1.807) is 25.1 Å². The first-order valence-corrected chi connectivity index (χ1v) is 6.31. The van der Waals surface area contributed by atoms with Gasteiger partial charge in [-0.05, 0) is 24.6 Å². The van der Waals surface area contributed by atoms with E-state index in [4.69, 9.17) is 28.9 Å². The van der Waals surface area contributed by atoms with Crippen LogP contribution in [0.25, 0.3) is 0 Å². The lowest BCUT2D eigenvalue weighted by Crippen LogP contribution is -2.39. The van der Waals surface area contributed by atoms with Crippen molar-refractivity contribution < 1.29 is 9.90 Å². The third-order valence-electron chi connectivity index (χ3n) is 2.45. The largest absolute Gasteiger partial charge is 0.396 e. The van der Waals surface area contributed by atoms with Crippen LogP contribution in [0.1, 0.15) is 24.8 Å². The van der Waals surface area contributed by atoms with Crippen molar-refractivity contribution in [3.8, 4) is 0 Å². The summed E-state index contributed by atoms with van der Waals surface area (Å²) in [6.07, 6.45) is -0.347. The van der Waals surface area contributed by atoms with Gasteiger partial charge in [-0.1, -0.05) is 29.3 Å². The molecule has 4 N–H and O–H groups in total. The maximum absolute atomic E-state index is 11.6. The lowest BCUT2D eigenvalue weighted by atomic mass is 9.96. The Morgan fingerprint density at radius 3 is 2.44 bits per heavy atom. The summed E-state index contributed by atoms with van der Waals surface area (Å²) in [5.74, 6) is -0.690. The lowest BCUT2D eigenvalue weighted by Gasteiger charge is -2.18. The van der Waals surface area contributed by atoms with Crippen molar-refractivity contribution in [2.24, 2.45) is 5.73 Å². The fourth-order valence-corrected chi connectivity index (χ4v) is 2.40. The van der Waals surface area contributed by atoms with Gasteiger partial charge < -0.3 is 16.2 Å². The molecule has 1 aromatic rings. The minimum atomic E-state index is -0.440. The Labute approximate surface area is 116 Å². The fraction of sp³-hybridized carbons (Fsp3) is 0.417. The Morgan fingerprint density at radius 1 is 1.44 bits per heavy atom. The van der Waals surface area contributed by atoms with E-state index in [2.05, 4.69) is 5.32 Å². The molecule has 0 aliphatic rings. The van der Waals surface area contributed by atoms with E-state index < -0.39 is 12.1 Å². The Bertz CT molecular complexity index is 404. The number of hydrogen-bond donors (Lipinski definition) is 3. The Hall–Kier alpha value is -0.810. The SMILES string of the molecule is CC(N)NC(=O)CC(CO)c1c(Cl)cccc1Cl. The summed E-state index contributed by atoms with van der Waals surface area (Å²) < 4.78 is 0. The summed E-state index contributed by atoms with van der Waals surface area (Å²) >= 11 is 12.1. The van der Waals surface area contributed by atoms with Gasteiger partial charge in [0, 0.05) is 22.4 Å². The Balaban J connectivity index is 2.87. The third kappa shape index (κ3) is 4.14. The maximum atomic E-state index is 11.6. The number of rotatable bonds is 5. The molecule has 0 aromatic heterocycles. The van der Waals surface area contributed by atoms with Gasteiger partial charge in [0.15, 0.2) is 0 Å². The van der Waals surface area contributed by atoms with Crippen LogP contribution in [-0.2, 0) is 4.79 Å². The molecule has 18 heavy (non-hydrogen) atoms. The average molecular weight is 291 g/mol. The molecule has 0 spiro atoms. The molecular formula is C12H16Cl2N2O2. The highest BCUT2D eigenvalue weighted by Gasteiger charge is 2.20. The highest BCUT2D eigenvalue weighted by atomic mass is 35.5. The molecule has 0 radical (unpaired) electrons. The highest BCUT2D eigenvalue weighted by Crippen LogP contribution is 2.33. The van der Waals surface area contributed by atoms with E-state index in [0.29, 0.717) is 15.6 Å². The standard InChI is InChI=1S/C12H16Cl2N2O2/c1-7(15)16-11(18)5-8(6-17)12-9(13)3-2-4-10(12)14/h2-4,7-8,17H,5-6,15H2,1H3,(H,16,18). The average Bonchev–Trinajstić information content (AvgIpc) is 2.26. The molecule has 0 heterocycles. The van der Waals surface area contributed by atoms with Crippen LogP contribution in [0, 0.1) is 0 Å². The summed E-state index contributed by atoms with van der Waals surface area (Å²) in [5.41, 5.74) is 6.05. The molecule has 4 nitrogen and oxygen atoms in total. The third-order valence-corrected chi connectivity index (χ3v) is 3.11. The van der Waals surface area contributed by atoms with Crippen LogP contribution >= 0.6 is 23.2 Å². The molecule has 0 aliphatic carbocycles. The zero-order valence-electron chi connectivity index (χ0n) is 9.99. The van der Waals surface area contributed by atoms with Crippen molar-refractivity contribution in [3.05, 3.63) is 33.8 Å². The summed E-state index contributed by atoms with van der Waals surface area (Å²) in [5, 5.41) is 12.8. The molecule has 1 rings (SSSR count). The predicted octanol–water partition coefficient (Wildman–Crippen LogP) is 1.88. The van der Waals surface area contributed by atoms with Crippen LogP contribution in [0.15, 0.2) is 18.2 Å². The van der Waals surface area contributed by atoms with Crippen LogP contribution < -0.4 is 11.1 Å². The van der Waals surface area contributed by atoms with Gasteiger partial charge in [-0.25, -0.2) is 0 Å². The first kappa shape index (κ1) is 15.2. The number of hydrogen-bond acceptors (Lipinski definition) is 3. The number of aliphatic hydroxyl groups excluding tert-OH is 1. The first-order chi connectivity index (χ1) is 8.45. The molecule has 0 saturated heterocycles. The number of benzene rings is 1. The van der Waals surface area contributed by atoms with E-state index >= 15 is 0 Å². The number of nitrogens with two attached hydrogens (primary N) is 1.